The molecule has 8 atom stereocenters. The van der Waals surface area contributed by atoms with Crippen molar-refractivity contribution >= 4 is 35.4 Å². The summed E-state index contributed by atoms with van der Waals surface area (Å²) in [6, 6.07) is 3.56. The van der Waals surface area contributed by atoms with Gasteiger partial charge in [-0.3, -0.25) is 28.8 Å². The molecule has 0 bridgehead atoms. The first-order valence-corrected chi connectivity index (χ1v) is 15.6. The fourth-order valence-electron chi connectivity index (χ4n) is 6.40. The van der Waals surface area contributed by atoms with Crippen molar-refractivity contribution in [2.24, 2.45) is 11.8 Å². The minimum atomic E-state index is -1.36. The third-order valence-electron chi connectivity index (χ3n) is 9.07. The third-order valence-corrected chi connectivity index (χ3v) is 9.07. The fraction of sp³-hybridized carbons (Fsp3) is 0.613. The van der Waals surface area contributed by atoms with Crippen LogP contribution >= 0.6 is 0 Å². The van der Waals surface area contributed by atoms with Crippen molar-refractivity contribution < 1.29 is 33.9 Å². The Kier molecular flexibility index (Phi) is 9.52. The molecule has 0 aromatic heterocycles. The molecule has 0 unspecified atom stereocenters. The van der Waals surface area contributed by atoms with Gasteiger partial charge in [-0.05, 0) is 51.5 Å². The number of rotatable bonds is 5. The van der Waals surface area contributed by atoms with Crippen molar-refractivity contribution in [3.05, 3.63) is 35.9 Å². The highest BCUT2D eigenvalue weighted by atomic mass is 16.3. The molecule has 5 rings (SSSR count). The van der Waals surface area contributed by atoms with E-state index in [2.05, 4.69) is 26.6 Å². The number of fused-ring (bicyclic) bond motifs is 2. The van der Waals surface area contributed by atoms with E-state index < -0.39 is 77.8 Å². The summed E-state index contributed by atoms with van der Waals surface area (Å²) in [5.74, 6) is -3.64. The van der Waals surface area contributed by atoms with Crippen LogP contribution in [-0.4, -0.2) is 94.3 Å². The monoisotopic (exact) mass is 610 g/mol. The Morgan fingerprint density at radius 2 is 1.66 bits per heavy atom. The lowest BCUT2D eigenvalue weighted by Gasteiger charge is -2.32. The maximum Gasteiger partial charge on any atom is 0.246 e. The van der Waals surface area contributed by atoms with Gasteiger partial charge < -0.3 is 36.6 Å². The van der Waals surface area contributed by atoms with Crippen LogP contribution in [0.3, 0.4) is 0 Å². The maximum absolute atomic E-state index is 14.2. The van der Waals surface area contributed by atoms with E-state index in [1.165, 1.54) is 18.7 Å². The third kappa shape index (κ3) is 7.20. The maximum atomic E-state index is 14.2. The highest BCUT2D eigenvalue weighted by Gasteiger charge is 2.45. The molecule has 0 spiro atoms. The van der Waals surface area contributed by atoms with Crippen molar-refractivity contribution in [1.82, 2.24) is 31.5 Å². The average Bonchev–Trinajstić information content (AvgIpc) is 3.61. The van der Waals surface area contributed by atoms with Crippen molar-refractivity contribution in [2.45, 2.75) is 101 Å². The standard InChI is InChI=1S/C31H42N6O7/c1-16-26(39)34-22-10-6-9-21(22)28(41)36-25(17(2)38)30(43)35-23(13-18-7-4-3-5-8-18)31(44)37-15-20(14-24(37)29(42)32-16)33-27(40)19-11-12-19/h3-5,7-8,16-17,19-25,38H,6,9-15H2,1-2H3,(H,32,42)(H,33,40)(H,34,39)(H,35,43)(H,36,41)/t16-,17+,20+,21+,22+,23-,24-,25-/m0/s1. The minimum Gasteiger partial charge on any atom is -0.391 e. The van der Waals surface area contributed by atoms with Crippen LogP contribution in [0.5, 0.6) is 0 Å². The number of benzene rings is 1. The van der Waals surface area contributed by atoms with E-state index in [-0.39, 0.29) is 31.2 Å². The Labute approximate surface area is 256 Å². The summed E-state index contributed by atoms with van der Waals surface area (Å²) in [6.07, 6.45) is 2.24. The highest BCUT2D eigenvalue weighted by Crippen LogP contribution is 2.30. The van der Waals surface area contributed by atoms with E-state index in [0.717, 1.165) is 18.4 Å². The molecule has 0 radical (unpaired) electrons. The number of aliphatic hydroxyl groups excluding tert-OH is 1. The molecule has 6 amide bonds. The number of carbonyl (C=O) groups is 6. The molecular formula is C31H42N6O7. The number of aliphatic hydroxyl groups is 1. The van der Waals surface area contributed by atoms with E-state index in [0.29, 0.717) is 19.3 Å². The lowest BCUT2D eigenvalue weighted by Crippen LogP contribution is -2.61. The van der Waals surface area contributed by atoms with Gasteiger partial charge in [0.25, 0.3) is 0 Å². The van der Waals surface area contributed by atoms with Crippen LogP contribution in [-0.2, 0) is 35.2 Å². The summed E-state index contributed by atoms with van der Waals surface area (Å²) in [4.78, 5) is 81.9. The zero-order valence-electron chi connectivity index (χ0n) is 25.1. The molecule has 1 aromatic rings. The minimum absolute atomic E-state index is 0.0391. The highest BCUT2D eigenvalue weighted by molar-refractivity contribution is 5.97. The molecule has 6 N–H and O–H groups in total. The number of amides is 6. The van der Waals surface area contributed by atoms with Crippen LogP contribution in [0.2, 0.25) is 0 Å². The number of carbonyl (C=O) groups excluding carboxylic acids is 6. The molecule has 238 valence electrons. The SMILES string of the molecule is C[C@@H]1NC(=O)[C@@H]2C[C@@H](NC(=O)C3CC3)CN2C(=O)[C@H](Cc2ccccc2)NC(=O)[C@H]([C@@H](C)O)NC(=O)[C@@H]2CCC[C@H]2NC1=O. The normalized spacial score (nSPS) is 32.5. The molecule has 2 heterocycles. The Balaban J connectivity index is 1.48. The summed E-state index contributed by atoms with van der Waals surface area (Å²) in [6.45, 7) is 2.95. The Morgan fingerprint density at radius 3 is 2.34 bits per heavy atom. The molecule has 2 aliphatic carbocycles. The van der Waals surface area contributed by atoms with Gasteiger partial charge in [0, 0.05) is 31.0 Å². The van der Waals surface area contributed by atoms with Gasteiger partial charge in [0.1, 0.15) is 24.2 Å². The van der Waals surface area contributed by atoms with Crippen LogP contribution < -0.4 is 26.6 Å². The Bertz CT molecular complexity index is 1290. The Hall–Kier alpha value is -4.00. The smallest absolute Gasteiger partial charge is 0.246 e. The predicted octanol–water partition coefficient (Wildman–Crippen LogP) is -1.12. The zero-order chi connectivity index (χ0) is 31.5. The van der Waals surface area contributed by atoms with E-state index in [9.17, 15) is 33.9 Å². The topological polar surface area (TPSA) is 186 Å². The quantitative estimate of drug-likeness (QED) is 0.244. The first kappa shape index (κ1) is 31.4. The van der Waals surface area contributed by atoms with Crippen LogP contribution in [0.1, 0.15) is 57.9 Å². The second kappa shape index (κ2) is 13.3. The second-order valence-electron chi connectivity index (χ2n) is 12.6. The van der Waals surface area contributed by atoms with Gasteiger partial charge in [-0.1, -0.05) is 36.8 Å². The first-order chi connectivity index (χ1) is 21.0. The van der Waals surface area contributed by atoms with Crippen LogP contribution in [0.15, 0.2) is 30.3 Å². The van der Waals surface area contributed by atoms with Crippen molar-refractivity contribution in [3.8, 4) is 0 Å². The van der Waals surface area contributed by atoms with Gasteiger partial charge in [-0.15, -0.1) is 0 Å². The summed E-state index contributed by atoms with van der Waals surface area (Å²) < 4.78 is 0. The van der Waals surface area contributed by atoms with Gasteiger partial charge in [0.2, 0.25) is 35.4 Å². The number of hydrogen-bond acceptors (Lipinski definition) is 7. The van der Waals surface area contributed by atoms with Crippen molar-refractivity contribution in [3.63, 3.8) is 0 Å². The summed E-state index contributed by atoms with van der Waals surface area (Å²) in [5.41, 5.74) is 0.746. The predicted molar refractivity (Wildman–Crippen MR) is 157 cm³/mol. The largest absolute Gasteiger partial charge is 0.391 e. The van der Waals surface area contributed by atoms with Gasteiger partial charge in [-0.25, -0.2) is 0 Å². The molecule has 2 saturated carbocycles. The fourth-order valence-corrected chi connectivity index (χ4v) is 6.40. The average molecular weight is 611 g/mol. The van der Waals surface area contributed by atoms with Crippen LogP contribution in [0.25, 0.3) is 0 Å². The van der Waals surface area contributed by atoms with Crippen molar-refractivity contribution in [1.29, 1.82) is 0 Å². The van der Waals surface area contributed by atoms with E-state index in [1.54, 1.807) is 24.3 Å². The Morgan fingerprint density at radius 1 is 0.932 bits per heavy atom. The molecule has 4 aliphatic rings. The molecule has 4 fully saturated rings. The number of nitrogens with zero attached hydrogens (tertiary/aromatic N) is 1. The molecule has 13 heteroatoms. The van der Waals surface area contributed by atoms with E-state index in [4.69, 9.17) is 0 Å². The van der Waals surface area contributed by atoms with Gasteiger partial charge in [0.15, 0.2) is 0 Å². The first-order valence-electron chi connectivity index (χ1n) is 15.6. The number of nitrogens with one attached hydrogen (secondary N) is 5. The lowest BCUT2D eigenvalue weighted by atomic mass is 10.00. The molecule has 1 aromatic carbocycles. The van der Waals surface area contributed by atoms with E-state index in [1.807, 2.05) is 6.07 Å². The molecule has 44 heavy (non-hydrogen) atoms. The molecular weight excluding hydrogens is 568 g/mol. The summed E-state index contributed by atoms with van der Waals surface area (Å²) in [5, 5.41) is 24.5. The number of hydrogen-bond donors (Lipinski definition) is 6. The molecule has 13 nitrogen and oxygen atoms in total. The van der Waals surface area contributed by atoms with Crippen LogP contribution in [0, 0.1) is 11.8 Å². The second-order valence-corrected chi connectivity index (χ2v) is 12.6. The van der Waals surface area contributed by atoms with Crippen LogP contribution in [0.4, 0.5) is 0 Å². The summed E-state index contributed by atoms with van der Waals surface area (Å²) in [7, 11) is 0. The van der Waals surface area contributed by atoms with Gasteiger partial charge in [-0.2, -0.15) is 0 Å². The summed E-state index contributed by atoms with van der Waals surface area (Å²) >= 11 is 0. The van der Waals surface area contributed by atoms with E-state index >= 15 is 0 Å². The zero-order valence-corrected chi connectivity index (χ0v) is 25.1. The van der Waals surface area contributed by atoms with Gasteiger partial charge >= 0.3 is 0 Å². The van der Waals surface area contributed by atoms with Gasteiger partial charge in [0.05, 0.1) is 12.0 Å². The lowest BCUT2D eigenvalue weighted by molar-refractivity contribution is -0.143. The molecule has 2 saturated heterocycles. The van der Waals surface area contributed by atoms with Crippen molar-refractivity contribution in [2.75, 3.05) is 6.54 Å². The molecule has 2 aliphatic heterocycles.